The van der Waals surface area contributed by atoms with Crippen molar-refractivity contribution in [3.63, 3.8) is 0 Å². The van der Waals surface area contributed by atoms with Crippen molar-refractivity contribution in [1.29, 1.82) is 0 Å². The number of benzene rings is 3. The van der Waals surface area contributed by atoms with Gasteiger partial charge in [-0.1, -0.05) is 52.4 Å². The van der Waals surface area contributed by atoms with Crippen LogP contribution in [0, 0.1) is 5.92 Å². The molecular weight excluding hydrogens is 633 g/mol. The van der Waals surface area contributed by atoms with Crippen molar-refractivity contribution in [3.05, 3.63) is 96.9 Å². The highest BCUT2D eigenvalue weighted by Gasteiger charge is 2.56. The van der Waals surface area contributed by atoms with Crippen molar-refractivity contribution in [2.45, 2.75) is 23.1 Å². The van der Waals surface area contributed by atoms with Gasteiger partial charge in [-0.05, 0) is 73.2 Å². The van der Waals surface area contributed by atoms with Crippen LogP contribution >= 0.6 is 46.3 Å². The number of imide groups is 1. The highest BCUT2D eigenvalue weighted by molar-refractivity contribution is 8.00. The van der Waals surface area contributed by atoms with Gasteiger partial charge >= 0.3 is 4.87 Å². The predicted octanol–water partition coefficient (Wildman–Crippen LogP) is 5.96. The van der Waals surface area contributed by atoms with E-state index in [1.807, 2.05) is 6.92 Å². The van der Waals surface area contributed by atoms with Gasteiger partial charge in [0.25, 0.3) is 5.91 Å². The maximum atomic E-state index is 13.9. The molecule has 2 aliphatic rings. The van der Waals surface area contributed by atoms with Gasteiger partial charge in [-0.3, -0.25) is 19.2 Å². The average molecular weight is 657 g/mol. The smallest absolute Gasteiger partial charge is 0.305 e. The molecule has 2 N–H and O–H groups in total. The van der Waals surface area contributed by atoms with Crippen molar-refractivity contribution in [3.8, 4) is 11.5 Å². The van der Waals surface area contributed by atoms with Crippen molar-refractivity contribution in [1.82, 2.24) is 4.98 Å². The lowest BCUT2D eigenvalue weighted by Gasteiger charge is -2.30. The Kier molecular flexibility index (Phi) is 8.23. The van der Waals surface area contributed by atoms with E-state index in [1.54, 1.807) is 66.7 Å². The number of hydrogen-bond donors (Lipinski definition) is 2. The first-order chi connectivity index (χ1) is 20.7. The fraction of sp³-hybridized carbons (Fsp3) is 0.200. The first-order valence-electron chi connectivity index (χ1n) is 13.2. The van der Waals surface area contributed by atoms with Gasteiger partial charge < -0.3 is 19.8 Å². The van der Waals surface area contributed by atoms with Crippen LogP contribution in [0.5, 0.6) is 11.5 Å². The molecule has 3 atom stereocenters. The molecule has 3 amide bonds. The van der Waals surface area contributed by atoms with Gasteiger partial charge in [0.1, 0.15) is 5.25 Å². The zero-order valence-electron chi connectivity index (χ0n) is 22.5. The van der Waals surface area contributed by atoms with Crippen LogP contribution in [-0.2, 0) is 14.4 Å². The Morgan fingerprint density at radius 2 is 1.63 bits per heavy atom. The summed E-state index contributed by atoms with van der Waals surface area (Å²) < 4.78 is 11.7. The Morgan fingerprint density at radius 1 is 0.930 bits per heavy atom. The summed E-state index contributed by atoms with van der Waals surface area (Å²) in [6.07, 6.45) is 0. The monoisotopic (exact) mass is 655 g/mol. The normalized spacial score (nSPS) is 19.1. The van der Waals surface area contributed by atoms with E-state index in [2.05, 4.69) is 10.3 Å². The lowest BCUT2D eigenvalue weighted by atomic mass is 9.83. The Bertz CT molecular complexity index is 1770. The zero-order chi connectivity index (χ0) is 30.2. The molecule has 3 heterocycles. The summed E-state index contributed by atoms with van der Waals surface area (Å²) >= 11 is 14.2. The number of thioether (sulfide) groups is 1. The number of aromatic amines is 1. The second kappa shape index (κ2) is 12.1. The summed E-state index contributed by atoms with van der Waals surface area (Å²) in [5, 5.41) is 3.61. The molecule has 13 heteroatoms. The van der Waals surface area contributed by atoms with Gasteiger partial charge in [-0.15, -0.1) is 0 Å². The van der Waals surface area contributed by atoms with E-state index in [1.165, 1.54) is 16.7 Å². The molecular formula is C30H23Cl2N3O6S2. The maximum absolute atomic E-state index is 13.9. The first kappa shape index (κ1) is 29.3. The van der Waals surface area contributed by atoms with Crippen LogP contribution in [0.2, 0.25) is 10.0 Å². The largest absolute Gasteiger partial charge is 0.490 e. The third-order valence-corrected chi connectivity index (χ3v) is 9.93. The molecule has 2 aliphatic heterocycles. The van der Waals surface area contributed by atoms with E-state index in [4.69, 9.17) is 32.7 Å². The number of fused-ring (bicyclic) bond motifs is 2. The van der Waals surface area contributed by atoms with Crippen LogP contribution in [0.3, 0.4) is 0 Å². The van der Waals surface area contributed by atoms with Gasteiger partial charge in [0.2, 0.25) is 11.8 Å². The molecule has 6 rings (SSSR count). The number of ether oxygens (including phenoxy) is 2. The van der Waals surface area contributed by atoms with Crippen molar-refractivity contribution in [2.75, 3.05) is 23.4 Å². The number of halogens is 2. The number of hydrogen-bond acceptors (Lipinski definition) is 8. The van der Waals surface area contributed by atoms with Crippen LogP contribution in [0.25, 0.3) is 0 Å². The molecule has 0 saturated carbocycles. The van der Waals surface area contributed by atoms with E-state index >= 15 is 0 Å². The van der Waals surface area contributed by atoms with E-state index < -0.39 is 17.1 Å². The van der Waals surface area contributed by atoms with E-state index in [-0.39, 0.29) is 29.2 Å². The third kappa shape index (κ3) is 5.77. The van der Waals surface area contributed by atoms with Gasteiger partial charge in [0, 0.05) is 26.5 Å². The number of thiazole rings is 1. The van der Waals surface area contributed by atoms with Gasteiger partial charge in [-0.25, -0.2) is 4.90 Å². The van der Waals surface area contributed by atoms with Crippen LogP contribution < -0.4 is 24.6 Å². The van der Waals surface area contributed by atoms with Crippen molar-refractivity contribution in [2.24, 2.45) is 5.92 Å². The SMILES string of the molecule is CCOc1cc([C@H]2c3sc(=O)[nH]c3SC3C(=O)N(c4ccc(Cl)cc4)C(=O)C32)ccc1OCC(=O)Nc1ccc(Cl)cc1. The molecule has 43 heavy (non-hydrogen) atoms. The number of nitrogens with zero attached hydrogens (tertiary/aromatic N) is 1. The Balaban J connectivity index is 1.31. The lowest BCUT2D eigenvalue weighted by molar-refractivity contribution is -0.122. The molecule has 3 aromatic carbocycles. The van der Waals surface area contributed by atoms with E-state index in [0.717, 1.165) is 11.3 Å². The zero-order valence-corrected chi connectivity index (χ0v) is 25.6. The summed E-state index contributed by atoms with van der Waals surface area (Å²) in [6.45, 7) is 1.85. The fourth-order valence-corrected chi connectivity index (χ4v) is 7.97. The molecule has 1 fully saturated rings. The molecule has 1 saturated heterocycles. The standard InChI is InChI=1S/C30H23Cl2N3O6S2/c1-2-40-21-13-15(3-12-20(21)41-14-22(36)33-18-8-4-16(31)5-9-18)23-24-26(42-27-25(23)43-30(39)34-27)29(38)35(28(24)37)19-10-6-17(32)7-11-19/h3-13,23-24,26H,2,14H2,1H3,(H,33,36)(H,34,39)/t23-,24?,26?/m1/s1. The predicted molar refractivity (Wildman–Crippen MR) is 167 cm³/mol. The summed E-state index contributed by atoms with van der Waals surface area (Å²) in [5.74, 6) is -1.76. The van der Waals surface area contributed by atoms with Crippen molar-refractivity contribution >= 4 is 75.4 Å². The number of H-pyrrole nitrogens is 1. The molecule has 0 spiro atoms. The van der Waals surface area contributed by atoms with Crippen LogP contribution in [0.4, 0.5) is 11.4 Å². The highest BCUT2D eigenvalue weighted by atomic mass is 35.5. The number of nitrogens with one attached hydrogen (secondary N) is 2. The van der Waals surface area contributed by atoms with Crippen LogP contribution in [0.1, 0.15) is 23.3 Å². The lowest BCUT2D eigenvalue weighted by Crippen LogP contribution is -2.32. The number of rotatable bonds is 8. The highest BCUT2D eigenvalue weighted by Crippen LogP contribution is 2.53. The second-order valence-corrected chi connectivity index (χ2v) is 12.8. The fourth-order valence-electron chi connectivity index (χ4n) is 5.20. The summed E-state index contributed by atoms with van der Waals surface area (Å²) in [5.41, 5.74) is 1.68. The maximum Gasteiger partial charge on any atom is 0.305 e. The molecule has 220 valence electrons. The number of carbonyl (C=O) groups is 3. The second-order valence-electron chi connectivity index (χ2n) is 9.72. The molecule has 0 aliphatic carbocycles. The topological polar surface area (TPSA) is 118 Å². The van der Waals surface area contributed by atoms with Crippen LogP contribution in [-0.4, -0.2) is 41.2 Å². The molecule has 0 radical (unpaired) electrons. The minimum absolute atomic E-state index is 0.270. The van der Waals surface area contributed by atoms with Gasteiger partial charge in [0.05, 0.1) is 23.2 Å². The van der Waals surface area contributed by atoms with Gasteiger partial charge in [-0.2, -0.15) is 0 Å². The minimum Gasteiger partial charge on any atom is -0.490 e. The molecule has 9 nitrogen and oxygen atoms in total. The number of aromatic nitrogens is 1. The molecule has 0 bridgehead atoms. The quantitative estimate of drug-likeness (QED) is 0.225. The average Bonchev–Trinajstić information content (AvgIpc) is 3.48. The summed E-state index contributed by atoms with van der Waals surface area (Å²) in [4.78, 5) is 56.9. The van der Waals surface area contributed by atoms with E-state index in [9.17, 15) is 19.2 Å². The Morgan fingerprint density at radius 3 is 2.33 bits per heavy atom. The summed E-state index contributed by atoms with van der Waals surface area (Å²) in [6, 6.07) is 18.4. The molecule has 4 aromatic rings. The number of amides is 3. The first-order valence-corrected chi connectivity index (χ1v) is 15.7. The van der Waals surface area contributed by atoms with E-state index in [0.29, 0.717) is 55.0 Å². The Labute approximate surface area is 264 Å². The molecule has 1 aromatic heterocycles. The van der Waals surface area contributed by atoms with Gasteiger partial charge in [0.15, 0.2) is 18.1 Å². The number of carbonyl (C=O) groups excluding carboxylic acids is 3. The van der Waals surface area contributed by atoms with Crippen LogP contribution in [0.15, 0.2) is 76.6 Å². The summed E-state index contributed by atoms with van der Waals surface area (Å²) in [7, 11) is 0. The third-order valence-electron chi connectivity index (χ3n) is 7.02. The molecule has 2 unspecified atom stereocenters. The van der Waals surface area contributed by atoms with Crippen molar-refractivity contribution < 1.29 is 23.9 Å². The minimum atomic E-state index is -0.765. The number of anilines is 2. The Hall–Kier alpha value is -3.77.